The molecule has 0 heterocycles. The fourth-order valence-electron chi connectivity index (χ4n) is 9.47. The number of carbonyl (C=O) groups is 5. The predicted molar refractivity (Wildman–Crippen MR) is 175 cm³/mol. The van der Waals surface area contributed by atoms with Crippen LogP contribution in [0.5, 0.6) is 0 Å². The number of esters is 3. The number of nitrogens with one attached hydrogen (secondary N) is 1. The molecule has 4 aliphatic rings. The van der Waals surface area contributed by atoms with Crippen LogP contribution in [-0.2, 0) is 28.6 Å². The highest BCUT2D eigenvalue weighted by molar-refractivity contribution is 6.05. The minimum atomic E-state index is -0.939. The molecule has 0 bridgehead atoms. The normalized spacial score (nSPS) is 32.3. The molecule has 0 radical (unpaired) electrons. The second-order valence-electron chi connectivity index (χ2n) is 15.8. The Labute approximate surface area is 278 Å². The smallest absolute Gasteiger partial charge is 0.419 e. The summed E-state index contributed by atoms with van der Waals surface area (Å²) < 4.78 is 16.1. The quantitative estimate of drug-likeness (QED) is 0.187. The van der Waals surface area contributed by atoms with Crippen molar-refractivity contribution in [1.82, 2.24) is 5.32 Å². The minimum absolute atomic E-state index is 0.0221. The number of carbonyl (C=O) groups excluding carboxylic acids is 5. The van der Waals surface area contributed by atoms with Gasteiger partial charge in [0, 0.05) is 11.8 Å². The highest BCUT2D eigenvalue weighted by Crippen LogP contribution is 2.66. The number of hydrogen-bond acceptors (Lipinski definition) is 8. The second-order valence-corrected chi connectivity index (χ2v) is 15.8. The molecular formula is C38H51NO8. The molecule has 0 aromatic heterocycles. The molecular weight excluding hydrogens is 598 g/mol. The van der Waals surface area contributed by atoms with Gasteiger partial charge < -0.3 is 14.2 Å². The van der Waals surface area contributed by atoms with Gasteiger partial charge in [0.15, 0.2) is 5.78 Å². The average molecular weight is 650 g/mol. The zero-order valence-corrected chi connectivity index (χ0v) is 29.0. The lowest BCUT2D eigenvalue weighted by molar-refractivity contribution is -0.146. The van der Waals surface area contributed by atoms with Crippen LogP contribution < -0.4 is 5.32 Å². The van der Waals surface area contributed by atoms with Crippen LogP contribution >= 0.6 is 0 Å². The lowest BCUT2D eigenvalue weighted by Crippen LogP contribution is -2.56. The van der Waals surface area contributed by atoms with E-state index in [4.69, 9.17) is 14.2 Å². The van der Waals surface area contributed by atoms with Crippen molar-refractivity contribution in [2.45, 2.75) is 105 Å². The molecule has 5 rings (SSSR count). The van der Waals surface area contributed by atoms with Gasteiger partial charge in [-0.25, -0.2) is 9.59 Å². The third-order valence-corrected chi connectivity index (χ3v) is 12.1. The number of methoxy groups -OCH3 is 1. The summed E-state index contributed by atoms with van der Waals surface area (Å²) in [5.41, 5.74) is -0.270. The van der Waals surface area contributed by atoms with Crippen LogP contribution in [0.4, 0.5) is 4.79 Å². The minimum Gasteiger partial charge on any atom is -0.469 e. The lowest BCUT2D eigenvalue weighted by atomic mass is 9.47. The van der Waals surface area contributed by atoms with Crippen molar-refractivity contribution < 1.29 is 38.2 Å². The van der Waals surface area contributed by atoms with E-state index >= 15 is 0 Å². The Morgan fingerprint density at radius 2 is 1.70 bits per heavy atom. The molecule has 1 amide bonds. The van der Waals surface area contributed by atoms with Crippen molar-refractivity contribution in [3.8, 4) is 0 Å². The molecule has 0 aliphatic heterocycles. The molecule has 3 saturated carbocycles. The summed E-state index contributed by atoms with van der Waals surface area (Å²) in [7, 11) is 1.38. The van der Waals surface area contributed by atoms with Crippen LogP contribution in [0, 0.1) is 45.8 Å². The van der Waals surface area contributed by atoms with Gasteiger partial charge >= 0.3 is 24.0 Å². The first-order valence-electron chi connectivity index (χ1n) is 17.3. The topological polar surface area (TPSA) is 125 Å². The highest BCUT2D eigenvalue weighted by atomic mass is 16.6. The van der Waals surface area contributed by atoms with Crippen LogP contribution in [0.2, 0.25) is 0 Å². The number of fused-ring (bicyclic) bond motifs is 5. The van der Waals surface area contributed by atoms with E-state index in [9.17, 15) is 24.0 Å². The molecule has 8 atom stereocenters. The van der Waals surface area contributed by atoms with Crippen LogP contribution in [0.1, 0.15) is 110 Å². The van der Waals surface area contributed by atoms with Crippen molar-refractivity contribution in [3.63, 3.8) is 0 Å². The zero-order chi connectivity index (χ0) is 34.3. The number of Topliss-reactive ketones (excluding diaryl/α,β-unsaturated/α-hetero) is 1. The summed E-state index contributed by atoms with van der Waals surface area (Å²) in [4.78, 5) is 65.8. The monoisotopic (exact) mass is 649 g/mol. The Morgan fingerprint density at radius 3 is 2.36 bits per heavy atom. The van der Waals surface area contributed by atoms with Gasteiger partial charge in [0.05, 0.1) is 23.8 Å². The number of allylic oxidation sites excluding steroid dienone is 2. The number of alkyl carbamates (subject to hydrolysis) is 1. The molecule has 9 nitrogen and oxygen atoms in total. The van der Waals surface area contributed by atoms with Crippen molar-refractivity contribution >= 4 is 29.8 Å². The zero-order valence-electron chi connectivity index (χ0n) is 29.0. The molecule has 47 heavy (non-hydrogen) atoms. The second kappa shape index (κ2) is 13.2. The third-order valence-electron chi connectivity index (χ3n) is 12.1. The van der Waals surface area contributed by atoms with Crippen LogP contribution in [0.3, 0.4) is 0 Å². The maximum atomic E-state index is 14.9. The summed E-state index contributed by atoms with van der Waals surface area (Å²) in [6.07, 6.45) is 5.27. The number of amides is 1. The summed E-state index contributed by atoms with van der Waals surface area (Å²) in [5.74, 6) is -0.946. The lowest BCUT2D eigenvalue weighted by Gasteiger charge is -2.57. The van der Waals surface area contributed by atoms with Crippen molar-refractivity contribution in [3.05, 3.63) is 47.2 Å². The van der Waals surface area contributed by atoms with Crippen LogP contribution in [0.15, 0.2) is 41.6 Å². The van der Waals surface area contributed by atoms with Gasteiger partial charge in [0.25, 0.3) is 0 Å². The molecule has 9 heteroatoms. The number of rotatable bonds is 7. The number of hydrogen-bond donors (Lipinski definition) is 1. The number of benzene rings is 1. The molecule has 3 fully saturated rings. The average Bonchev–Trinajstić information content (AvgIpc) is 3.39. The third kappa shape index (κ3) is 6.51. The van der Waals surface area contributed by atoms with E-state index in [2.05, 4.69) is 19.2 Å². The van der Waals surface area contributed by atoms with E-state index in [0.717, 1.165) is 31.3 Å². The Morgan fingerprint density at radius 1 is 1.00 bits per heavy atom. The van der Waals surface area contributed by atoms with Gasteiger partial charge in [-0.05, 0) is 125 Å². The fourth-order valence-corrected chi connectivity index (χ4v) is 9.47. The van der Waals surface area contributed by atoms with Gasteiger partial charge in [0.2, 0.25) is 0 Å². The van der Waals surface area contributed by atoms with E-state index < -0.39 is 28.3 Å². The largest absolute Gasteiger partial charge is 0.469 e. The summed E-state index contributed by atoms with van der Waals surface area (Å²) in [5, 5.41) is 2.84. The van der Waals surface area contributed by atoms with E-state index in [-0.39, 0.29) is 65.5 Å². The Hall–Kier alpha value is -3.49. The number of ketones is 1. The van der Waals surface area contributed by atoms with E-state index in [1.165, 1.54) is 7.11 Å². The maximum absolute atomic E-state index is 14.9. The highest BCUT2D eigenvalue weighted by Gasteiger charge is 2.63. The molecule has 256 valence electrons. The van der Waals surface area contributed by atoms with Crippen molar-refractivity contribution in [1.29, 1.82) is 0 Å². The molecule has 0 unspecified atom stereocenters. The van der Waals surface area contributed by atoms with Crippen molar-refractivity contribution in [2.75, 3.05) is 7.11 Å². The first-order valence-corrected chi connectivity index (χ1v) is 17.3. The van der Waals surface area contributed by atoms with E-state index in [0.29, 0.717) is 31.2 Å². The van der Waals surface area contributed by atoms with Gasteiger partial charge in [-0.2, -0.15) is 0 Å². The molecule has 0 saturated heterocycles. The van der Waals surface area contributed by atoms with Crippen LogP contribution in [-0.4, -0.2) is 43.0 Å². The molecule has 1 N–H and O–H groups in total. The number of ether oxygens (including phenoxy) is 3. The van der Waals surface area contributed by atoms with Crippen molar-refractivity contribution in [2.24, 2.45) is 45.8 Å². The van der Waals surface area contributed by atoms with Gasteiger partial charge in [-0.3, -0.25) is 19.7 Å². The SMILES string of the molecule is COC(=O)CC[C@@H](C)[C@H]1CC[C@H]2[C@@H]3CC[C@@H]4C[C@H](OC(=O)c5ccccc5)CC[C@]4(C)C3=C(NC(=O)OC(=O)C(C)(C)C)C(=O)[C@]12C. The summed E-state index contributed by atoms with van der Waals surface area (Å²) in [6.45, 7) is 11.4. The maximum Gasteiger partial charge on any atom is 0.419 e. The first-order chi connectivity index (χ1) is 22.1. The van der Waals surface area contributed by atoms with Crippen LogP contribution in [0.25, 0.3) is 0 Å². The molecule has 0 spiro atoms. The first kappa shape index (κ1) is 34.8. The molecule has 1 aromatic carbocycles. The Balaban J connectivity index is 1.47. The Kier molecular flexibility index (Phi) is 9.78. The predicted octanol–water partition coefficient (Wildman–Crippen LogP) is 7.19. The molecule has 1 aromatic rings. The molecule has 4 aliphatic carbocycles. The summed E-state index contributed by atoms with van der Waals surface area (Å²) >= 11 is 0. The van der Waals surface area contributed by atoms with Gasteiger partial charge in [-0.15, -0.1) is 0 Å². The fraction of sp³-hybridized carbons (Fsp3) is 0.658. The standard InChI is InChI=1S/C38H51NO8/c1-22(13-18-29(40)45-7)27-16-17-28-26-15-14-24-21-25(46-33(42)23-11-9-8-10-12-23)19-20-37(24,5)30(26)31(32(41)38(27,28)6)39-35(44)47-34(43)36(2,3)4/h8-12,22,24-28H,13-21H2,1-7H3,(H,39,44)/t22-,24-,25-,26+,27-,28+,37+,38-/m1/s1. The summed E-state index contributed by atoms with van der Waals surface area (Å²) in [6, 6.07) is 9.00. The van der Waals surface area contributed by atoms with E-state index in [1.54, 1.807) is 32.9 Å². The Bertz CT molecular complexity index is 1440. The van der Waals surface area contributed by atoms with Gasteiger partial charge in [-0.1, -0.05) is 39.0 Å². The van der Waals surface area contributed by atoms with Gasteiger partial charge in [0.1, 0.15) is 6.10 Å². The van der Waals surface area contributed by atoms with E-state index in [1.807, 2.05) is 25.1 Å².